The SMILES string of the molecule is COc1ccc(C(O)(c2ccccc2)c2ccccc2C(C)O)c(OC)c1. The average molecular weight is 364 g/mol. The molecule has 0 aliphatic heterocycles. The van der Waals surface area contributed by atoms with Gasteiger partial charge in [0.25, 0.3) is 0 Å². The Morgan fingerprint density at radius 2 is 1.48 bits per heavy atom. The monoisotopic (exact) mass is 364 g/mol. The molecule has 0 heterocycles. The van der Waals surface area contributed by atoms with Crippen molar-refractivity contribution < 1.29 is 19.7 Å². The van der Waals surface area contributed by atoms with Crippen LogP contribution in [0.2, 0.25) is 0 Å². The van der Waals surface area contributed by atoms with Gasteiger partial charge in [-0.3, -0.25) is 0 Å². The molecule has 0 bridgehead atoms. The first-order valence-corrected chi connectivity index (χ1v) is 8.80. The fraction of sp³-hybridized carbons (Fsp3) is 0.217. The third-order valence-electron chi connectivity index (χ3n) is 4.79. The van der Waals surface area contributed by atoms with Crippen molar-refractivity contribution in [1.29, 1.82) is 0 Å². The number of hydrogen-bond donors (Lipinski definition) is 2. The maximum absolute atomic E-state index is 12.1. The average Bonchev–Trinajstić information content (AvgIpc) is 2.73. The molecule has 0 aliphatic carbocycles. The molecule has 0 aromatic heterocycles. The van der Waals surface area contributed by atoms with Crippen LogP contribution in [0.15, 0.2) is 72.8 Å². The van der Waals surface area contributed by atoms with E-state index < -0.39 is 11.7 Å². The lowest BCUT2D eigenvalue weighted by Gasteiger charge is -2.33. The van der Waals surface area contributed by atoms with Gasteiger partial charge in [0.15, 0.2) is 0 Å². The lowest BCUT2D eigenvalue weighted by molar-refractivity contribution is 0.115. The molecule has 0 aliphatic rings. The summed E-state index contributed by atoms with van der Waals surface area (Å²) in [6, 6.07) is 22.1. The number of ether oxygens (including phenoxy) is 2. The Labute approximate surface area is 159 Å². The molecule has 2 unspecified atom stereocenters. The summed E-state index contributed by atoms with van der Waals surface area (Å²) in [7, 11) is 3.14. The summed E-state index contributed by atoms with van der Waals surface area (Å²) in [5, 5.41) is 22.4. The molecule has 3 aromatic carbocycles. The largest absolute Gasteiger partial charge is 0.497 e. The first-order valence-electron chi connectivity index (χ1n) is 8.80. The highest BCUT2D eigenvalue weighted by Gasteiger charge is 2.38. The van der Waals surface area contributed by atoms with Crippen molar-refractivity contribution in [3.8, 4) is 11.5 Å². The van der Waals surface area contributed by atoms with E-state index in [1.54, 1.807) is 39.3 Å². The molecule has 0 fully saturated rings. The van der Waals surface area contributed by atoms with Crippen molar-refractivity contribution in [1.82, 2.24) is 0 Å². The van der Waals surface area contributed by atoms with E-state index in [0.29, 0.717) is 33.8 Å². The highest BCUT2D eigenvalue weighted by Crippen LogP contribution is 2.44. The zero-order valence-corrected chi connectivity index (χ0v) is 15.7. The number of aliphatic hydroxyl groups excluding tert-OH is 1. The van der Waals surface area contributed by atoms with Crippen LogP contribution < -0.4 is 9.47 Å². The van der Waals surface area contributed by atoms with Crippen LogP contribution in [0.25, 0.3) is 0 Å². The topological polar surface area (TPSA) is 58.9 Å². The summed E-state index contributed by atoms with van der Waals surface area (Å²) >= 11 is 0. The van der Waals surface area contributed by atoms with E-state index in [-0.39, 0.29) is 0 Å². The van der Waals surface area contributed by atoms with E-state index in [1.165, 1.54) is 0 Å². The van der Waals surface area contributed by atoms with Gasteiger partial charge in [0, 0.05) is 11.6 Å². The molecule has 140 valence electrons. The van der Waals surface area contributed by atoms with Gasteiger partial charge in [0.2, 0.25) is 0 Å². The molecular formula is C23H24O4. The Balaban J connectivity index is 2.35. The first kappa shape index (κ1) is 19.0. The van der Waals surface area contributed by atoms with E-state index in [0.717, 1.165) is 0 Å². The normalized spacial score (nSPS) is 14.3. The van der Waals surface area contributed by atoms with Crippen LogP contribution in [0.3, 0.4) is 0 Å². The second kappa shape index (κ2) is 7.82. The summed E-state index contributed by atoms with van der Waals surface area (Å²) in [5.74, 6) is 1.14. The lowest BCUT2D eigenvalue weighted by Crippen LogP contribution is -2.31. The van der Waals surface area contributed by atoms with Crippen LogP contribution in [0.5, 0.6) is 11.5 Å². The predicted octanol–water partition coefficient (Wildman–Crippen LogP) is 4.04. The van der Waals surface area contributed by atoms with E-state index in [9.17, 15) is 10.2 Å². The number of benzene rings is 3. The molecule has 0 saturated carbocycles. The molecule has 2 atom stereocenters. The predicted molar refractivity (Wildman–Crippen MR) is 105 cm³/mol. The summed E-state index contributed by atoms with van der Waals surface area (Å²) < 4.78 is 10.9. The van der Waals surface area contributed by atoms with Gasteiger partial charge in [-0.15, -0.1) is 0 Å². The van der Waals surface area contributed by atoms with Crippen LogP contribution in [0.1, 0.15) is 35.3 Å². The molecule has 2 N–H and O–H groups in total. The number of aliphatic hydroxyl groups is 2. The van der Waals surface area contributed by atoms with Crippen molar-refractivity contribution in [3.63, 3.8) is 0 Å². The second-order valence-electron chi connectivity index (χ2n) is 6.41. The smallest absolute Gasteiger partial charge is 0.144 e. The van der Waals surface area contributed by atoms with Crippen LogP contribution in [0, 0.1) is 0 Å². The highest BCUT2D eigenvalue weighted by molar-refractivity contribution is 5.56. The van der Waals surface area contributed by atoms with Crippen LogP contribution in [0.4, 0.5) is 0 Å². The molecule has 4 nitrogen and oxygen atoms in total. The minimum absolute atomic E-state index is 0.501. The summed E-state index contributed by atoms with van der Waals surface area (Å²) in [4.78, 5) is 0. The molecule has 0 amide bonds. The standard InChI is InChI=1S/C23H24O4/c1-16(24)19-11-7-8-12-20(19)23(25,17-9-5-4-6-10-17)21-14-13-18(26-2)15-22(21)27-3/h4-16,24-25H,1-3H3. The second-order valence-corrected chi connectivity index (χ2v) is 6.41. The third kappa shape index (κ3) is 3.42. The summed E-state index contributed by atoms with van der Waals surface area (Å²) in [6.45, 7) is 1.69. The number of rotatable bonds is 6. The van der Waals surface area contributed by atoms with Crippen molar-refractivity contribution in [2.45, 2.75) is 18.6 Å². The minimum atomic E-state index is -1.51. The Kier molecular flexibility index (Phi) is 5.49. The zero-order valence-electron chi connectivity index (χ0n) is 15.7. The summed E-state index contributed by atoms with van der Waals surface area (Å²) in [6.07, 6.45) is -0.735. The van der Waals surface area contributed by atoms with Gasteiger partial charge in [-0.25, -0.2) is 0 Å². The van der Waals surface area contributed by atoms with Gasteiger partial charge in [0.05, 0.1) is 20.3 Å². The molecule has 0 saturated heterocycles. The first-order chi connectivity index (χ1) is 13.0. The van der Waals surface area contributed by atoms with E-state index >= 15 is 0 Å². The molecule has 3 aromatic rings. The fourth-order valence-electron chi connectivity index (χ4n) is 3.42. The van der Waals surface area contributed by atoms with Gasteiger partial charge in [-0.1, -0.05) is 54.6 Å². The van der Waals surface area contributed by atoms with Crippen LogP contribution >= 0.6 is 0 Å². The lowest BCUT2D eigenvalue weighted by atomic mass is 9.77. The van der Waals surface area contributed by atoms with Crippen molar-refractivity contribution in [2.75, 3.05) is 14.2 Å². The third-order valence-corrected chi connectivity index (χ3v) is 4.79. The van der Waals surface area contributed by atoms with Crippen molar-refractivity contribution in [2.24, 2.45) is 0 Å². The van der Waals surface area contributed by atoms with Crippen molar-refractivity contribution in [3.05, 3.63) is 95.1 Å². The Morgan fingerprint density at radius 3 is 2.11 bits per heavy atom. The molecule has 27 heavy (non-hydrogen) atoms. The minimum Gasteiger partial charge on any atom is -0.497 e. The molecule has 3 rings (SSSR count). The van der Waals surface area contributed by atoms with E-state index in [4.69, 9.17) is 9.47 Å². The van der Waals surface area contributed by atoms with Crippen molar-refractivity contribution >= 4 is 0 Å². The van der Waals surface area contributed by atoms with Gasteiger partial charge in [0.1, 0.15) is 17.1 Å². The van der Waals surface area contributed by atoms with Gasteiger partial charge >= 0.3 is 0 Å². The quantitative estimate of drug-likeness (QED) is 0.648. The van der Waals surface area contributed by atoms with Gasteiger partial charge in [-0.05, 0) is 35.7 Å². The van der Waals surface area contributed by atoms with Gasteiger partial charge in [-0.2, -0.15) is 0 Å². The maximum Gasteiger partial charge on any atom is 0.144 e. The molecule has 4 heteroatoms. The molecule has 0 spiro atoms. The Bertz CT molecular complexity index is 905. The fourth-order valence-corrected chi connectivity index (χ4v) is 3.42. The van der Waals surface area contributed by atoms with E-state index in [2.05, 4.69) is 0 Å². The molecule has 0 radical (unpaired) electrons. The van der Waals surface area contributed by atoms with Gasteiger partial charge < -0.3 is 19.7 Å². The van der Waals surface area contributed by atoms with Crippen LogP contribution in [-0.2, 0) is 5.60 Å². The van der Waals surface area contributed by atoms with E-state index in [1.807, 2.05) is 54.6 Å². The summed E-state index contributed by atoms with van der Waals surface area (Å²) in [5.41, 5.74) is 1.01. The number of methoxy groups -OCH3 is 2. The number of hydrogen-bond acceptors (Lipinski definition) is 4. The zero-order chi connectivity index (χ0) is 19.4. The molecular weight excluding hydrogens is 340 g/mol. The highest BCUT2D eigenvalue weighted by atomic mass is 16.5. The Morgan fingerprint density at radius 1 is 0.815 bits per heavy atom. The van der Waals surface area contributed by atoms with Crippen LogP contribution in [-0.4, -0.2) is 24.4 Å². The Hall–Kier alpha value is -2.82. The maximum atomic E-state index is 12.1.